The number of sulfonamides is 1. The van der Waals surface area contributed by atoms with E-state index in [2.05, 4.69) is 14.7 Å². The van der Waals surface area contributed by atoms with Gasteiger partial charge in [0.1, 0.15) is 0 Å². The molecule has 0 atom stereocenters. The molecule has 3 rings (SSSR count). The Morgan fingerprint density at radius 2 is 1.73 bits per heavy atom. The van der Waals surface area contributed by atoms with Crippen molar-refractivity contribution in [1.29, 1.82) is 0 Å². The molecule has 10 heteroatoms. The summed E-state index contributed by atoms with van der Waals surface area (Å²) in [5, 5.41) is 0.701. The molecule has 0 radical (unpaired) electrons. The van der Waals surface area contributed by atoms with Gasteiger partial charge in [0.15, 0.2) is 4.21 Å². The maximum absolute atomic E-state index is 12.6. The Labute approximate surface area is 158 Å². The predicted octanol–water partition coefficient (Wildman–Crippen LogP) is 2.25. The summed E-state index contributed by atoms with van der Waals surface area (Å²) in [4.78, 5) is 8.31. The van der Waals surface area contributed by atoms with Crippen molar-refractivity contribution in [2.45, 2.75) is 57.0 Å². The quantitative estimate of drug-likeness (QED) is 0.799. The van der Waals surface area contributed by atoms with E-state index in [1.165, 1.54) is 6.20 Å². The van der Waals surface area contributed by atoms with E-state index in [1.54, 1.807) is 26.1 Å². The minimum absolute atomic E-state index is 0.205. The van der Waals surface area contributed by atoms with Crippen molar-refractivity contribution in [3.8, 4) is 0 Å². The fourth-order valence-electron chi connectivity index (χ4n) is 2.59. The van der Waals surface area contributed by atoms with Crippen LogP contribution in [0.2, 0.25) is 0 Å². The first-order chi connectivity index (χ1) is 11.9. The van der Waals surface area contributed by atoms with Gasteiger partial charge in [-0.3, -0.25) is 9.71 Å². The minimum Gasteiger partial charge on any atom is -0.399 e. The number of rotatable bonds is 4. The molecule has 1 aliphatic heterocycles. The van der Waals surface area contributed by atoms with E-state index in [9.17, 15) is 8.42 Å². The lowest BCUT2D eigenvalue weighted by atomic mass is 9.80. The smallest absolute Gasteiger partial charge is 0.399 e. The first kappa shape index (κ1) is 19.3. The molecule has 0 saturated carbocycles. The number of pyridine rings is 1. The summed E-state index contributed by atoms with van der Waals surface area (Å²) in [7, 11) is -4.33. The van der Waals surface area contributed by atoms with Gasteiger partial charge in [-0.05, 0) is 47.6 Å². The van der Waals surface area contributed by atoms with E-state index in [-0.39, 0.29) is 4.21 Å². The van der Waals surface area contributed by atoms with Crippen molar-refractivity contribution in [1.82, 2.24) is 9.97 Å². The van der Waals surface area contributed by atoms with Crippen molar-refractivity contribution < 1.29 is 17.7 Å². The average molecular weight is 395 g/mol. The van der Waals surface area contributed by atoms with Crippen molar-refractivity contribution in [3.05, 3.63) is 29.2 Å². The van der Waals surface area contributed by atoms with Gasteiger partial charge in [0.25, 0.3) is 10.0 Å². The van der Waals surface area contributed by atoms with Crippen LogP contribution in [0, 0.1) is 13.8 Å². The molecule has 0 bridgehead atoms. The standard InChI is InChI=1S/C16H22BN3O4S2/c1-10-14(25-11(2)19-10)26(21,22)20-13-7-12(8-18-9-13)17-23-15(3,4)16(5,6)24-17/h7-9,20H,1-6H3. The molecule has 7 nitrogen and oxygen atoms in total. The molecule has 26 heavy (non-hydrogen) atoms. The molecule has 1 fully saturated rings. The number of nitrogens with zero attached hydrogens (tertiary/aromatic N) is 2. The van der Waals surface area contributed by atoms with Crippen LogP contribution in [0.4, 0.5) is 5.69 Å². The Morgan fingerprint density at radius 3 is 2.27 bits per heavy atom. The molecule has 1 aliphatic rings. The zero-order chi connectivity index (χ0) is 19.3. The molecule has 0 unspecified atom stereocenters. The average Bonchev–Trinajstić information content (AvgIpc) is 2.95. The summed E-state index contributed by atoms with van der Waals surface area (Å²) >= 11 is 1.14. The summed E-state index contributed by atoms with van der Waals surface area (Å²) in [5.41, 5.74) is 0.522. The zero-order valence-corrected chi connectivity index (χ0v) is 17.3. The van der Waals surface area contributed by atoms with Gasteiger partial charge in [-0.2, -0.15) is 0 Å². The van der Waals surface area contributed by atoms with Gasteiger partial charge in [0, 0.05) is 11.7 Å². The molecule has 0 aliphatic carbocycles. The number of hydrogen-bond donors (Lipinski definition) is 1. The molecule has 0 aromatic carbocycles. The van der Waals surface area contributed by atoms with Crippen LogP contribution in [-0.2, 0) is 19.3 Å². The summed E-state index contributed by atoms with van der Waals surface area (Å²) in [6, 6.07) is 1.68. The second-order valence-electron chi connectivity index (χ2n) is 7.31. The summed E-state index contributed by atoms with van der Waals surface area (Å²) in [6.45, 7) is 11.3. The van der Waals surface area contributed by atoms with E-state index in [4.69, 9.17) is 9.31 Å². The van der Waals surface area contributed by atoms with E-state index < -0.39 is 28.3 Å². The first-order valence-electron chi connectivity index (χ1n) is 8.19. The van der Waals surface area contributed by atoms with E-state index in [1.807, 2.05) is 27.7 Å². The van der Waals surface area contributed by atoms with Gasteiger partial charge in [-0.15, -0.1) is 11.3 Å². The maximum atomic E-state index is 12.6. The van der Waals surface area contributed by atoms with Crippen LogP contribution in [0.15, 0.2) is 22.7 Å². The molecule has 1 saturated heterocycles. The van der Waals surface area contributed by atoms with Crippen LogP contribution in [0.1, 0.15) is 38.4 Å². The van der Waals surface area contributed by atoms with Gasteiger partial charge in [0.05, 0.1) is 33.8 Å². The Balaban J connectivity index is 1.86. The minimum atomic E-state index is -3.72. The Hall–Kier alpha value is -1.49. The number of thiazole rings is 1. The van der Waals surface area contributed by atoms with E-state index >= 15 is 0 Å². The van der Waals surface area contributed by atoms with Gasteiger partial charge in [-0.1, -0.05) is 0 Å². The largest absolute Gasteiger partial charge is 0.496 e. The number of aryl methyl sites for hydroxylation is 2. The number of nitrogens with one attached hydrogen (secondary N) is 1. The monoisotopic (exact) mass is 395 g/mol. The van der Waals surface area contributed by atoms with Crippen LogP contribution in [0.5, 0.6) is 0 Å². The third-order valence-electron chi connectivity index (χ3n) is 4.64. The third kappa shape index (κ3) is 3.51. The fourth-order valence-corrected chi connectivity index (χ4v) is 5.10. The second-order valence-corrected chi connectivity index (χ2v) is 10.4. The van der Waals surface area contributed by atoms with Crippen LogP contribution in [-0.4, -0.2) is 36.7 Å². The van der Waals surface area contributed by atoms with Crippen molar-refractivity contribution in [2.75, 3.05) is 4.72 Å². The molecule has 140 valence electrons. The predicted molar refractivity (Wildman–Crippen MR) is 102 cm³/mol. The van der Waals surface area contributed by atoms with Crippen LogP contribution < -0.4 is 10.2 Å². The number of hydrogen-bond acceptors (Lipinski definition) is 7. The normalized spacial score (nSPS) is 18.9. The lowest BCUT2D eigenvalue weighted by Gasteiger charge is -2.32. The van der Waals surface area contributed by atoms with Crippen molar-refractivity contribution in [3.63, 3.8) is 0 Å². The highest BCUT2D eigenvalue weighted by atomic mass is 32.2. The first-order valence-corrected chi connectivity index (χ1v) is 10.5. The summed E-state index contributed by atoms with van der Waals surface area (Å²) in [6.07, 6.45) is 3.07. The van der Waals surface area contributed by atoms with E-state index in [0.717, 1.165) is 11.3 Å². The van der Waals surface area contributed by atoms with Gasteiger partial charge in [-0.25, -0.2) is 13.4 Å². The maximum Gasteiger partial charge on any atom is 0.496 e. The van der Waals surface area contributed by atoms with Crippen LogP contribution in [0.25, 0.3) is 0 Å². The van der Waals surface area contributed by atoms with Gasteiger partial charge >= 0.3 is 7.12 Å². The van der Waals surface area contributed by atoms with Crippen molar-refractivity contribution in [2.24, 2.45) is 0 Å². The fraction of sp³-hybridized carbons (Fsp3) is 0.500. The Bertz CT molecular complexity index is 925. The van der Waals surface area contributed by atoms with Crippen molar-refractivity contribution >= 4 is 39.6 Å². The van der Waals surface area contributed by atoms with Crippen LogP contribution in [0.3, 0.4) is 0 Å². The molecular weight excluding hydrogens is 373 g/mol. The molecule has 3 heterocycles. The molecule has 0 spiro atoms. The molecule has 1 N–H and O–H groups in total. The highest BCUT2D eigenvalue weighted by Crippen LogP contribution is 2.36. The lowest BCUT2D eigenvalue weighted by Crippen LogP contribution is -2.41. The molecule has 0 amide bonds. The number of anilines is 1. The van der Waals surface area contributed by atoms with Crippen LogP contribution >= 0.6 is 11.3 Å². The SMILES string of the molecule is Cc1nc(C)c(S(=O)(=O)Nc2cncc(B3OC(C)(C)C(C)(C)O3)c2)s1. The zero-order valence-electron chi connectivity index (χ0n) is 15.7. The Kier molecular flexibility index (Phi) is 4.67. The van der Waals surface area contributed by atoms with Gasteiger partial charge in [0.2, 0.25) is 0 Å². The third-order valence-corrected chi connectivity index (χ3v) is 7.71. The summed E-state index contributed by atoms with van der Waals surface area (Å²) in [5.74, 6) is 0. The lowest BCUT2D eigenvalue weighted by molar-refractivity contribution is 0.00578. The number of aromatic nitrogens is 2. The molecule has 2 aromatic rings. The highest BCUT2D eigenvalue weighted by molar-refractivity contribution is 7.94. The van der Waals surface area contributed by atoms with Gasteiger partial charge < -0.3 is 9.31 Å². The van der Waals surface area contributed by atoms with E-state index in [0.29, 0.717) is 21.9 Å². The summed E-state index contributed by atoms with van der Waals surface area (Å²) < 4.78 is 40.0. The topological polar surface area (TPSA) is 90.4 Å². The Morgan fingerprint density at radius 1 is 1.12 bits per heavy atom. The molecular formula is C16H22BN3O4S2. The second kappa shape index (κ2) is 6.30. The molecule has 2 aromatic heterocycles. The highest BCUT2D eigenvalue weighted by Gasteiger charge is 2.51.